The second-order valence-corrected chi connectivity index (χ2v) is 9.61. The molecule has 0 bridgehead atoms. The maximum atomic E-state index is 12.7. The van der Waals surface area contributed by atoms with Crippen molar-refractivity contribution in [1.82, 2.24) is 15.0 Å². The molecule has 0 aliphatic carbocycles. The van der Waals surface area contributed by atoms with Gasteiger partial charge in [0.2, 0.25) is 17.6 Å². The van der Waals surface area contributed by atoms with Crippen molar-refractivity contribution in [3.05, 3.63) is 59.5 Å². The van der Waals surface area contributed by atoms with E-state index in [1.54, 1.807) is 0 Å². The molecule has 1 saturated heterocycles. The van der Waals surface area contributed by atoms with Gasteiger partial charge in [0.05, 0.1) is 19.1 Å². The molecule has 0 saturated carbocycles. The molecule has 0 radical (unpaired) electrons. The molecule has 2 heterocycles. The summed E-state index contributed by atoms with van der Waals surface area (Å²) in [4.78, 5) is 19.2. The van der Waals surface area contributed by atoms with Crippen LogP contribution in [0.4, 0.5) is 0 Å². The Bertz CT molecular complexity index is 1130. The summed E-state index contributed by atoms with van der Waals surface area (Å²) in [6, 6.07) is 14.0. The van der Waals surface area contributed by atoms with Gasteiger partial charge in [-0.1, -0.05) is 56.3 Å². The summed E-state index contributed by atoms with van der Waals surface area (Å²) in [5.74, 6) is 2.43. The van der Waals surface area contributed by atoms with E-state index in [4.69, 9.17) is 14.0 Å². The predicted octanol–water partition coefficient (Wildman–Crippen LogP) is 5.35. The Kier molecular flexibility index (Phi) is 6.91. The topological polar surface area (TPSA) is 77.7 Å². The summed E-state index contributed by atoms with van der Waals surface area (Å²) < 4.78 is 16.9. The number of amides is 1. The van der Waals surface area contributed by atoms with E-state index < -0.39 is 0 Å². The van der Waals surface area contributed by atoms with Crippen molar-refractivity contribution in [2.75, 3.05) is 19.8 Å². The molecule has 180 valence electrons. The third-order valence-corrected chi connectivity index (χ3v) is 6.00. The summed E-state index contributed by atoms with van der Waals surface area (Å²) in [7, 11) is 0. The molecule has 1 unspecified atom stereocenters. The van der Waals surface area contributed by atoms with Crippen LogP contribution in [-0.4, -0.2) is 40.7 Å². The van der Waals surface area contributed by atoms with E-state index in [1.807, 2.05) is 49.1 Å². The minimum Gasteiger partial charge on any atom is -0.490 e. The largest absolute Gasteiger partial charge is 0.490 e. The number of benzene rings is 2. The van der Waals surface area contributed by atoms with E-state index in [1.165, 1.54) is 5.56 Å². The lowest BCUT2D eigenvalue weighted by atomic mass is 9.87. The van der Waals surface area contributed by atoms with E-state index in [-0.39, 0.29) is 17.2 Å². The SMILES string of the molecule is CCOc1ccc(CN2CC(c3nc(-c4ccc(C(C)(C)C)cc4)no3)CC2=O)cc1OCC. The first-order valence-electron chi connectivity index (χ1n) is 11.9. The normalized spacial score (nSPS) is 16.2. The van der Waals surface area contributed by atoms with Gasteiger partial charge in [-0.2, -0.15) is 4.98 Å². The molecule has 2 aromatic carbocycles. The van der Waals surface area contributed by atoms with Gasteiger partial charge in [0.25, 0.3) is 0 Å². The molecule has 1 aromatic heterocycles. The van der Waals surface area contributed by atoms with Crippen molar-refractivity contribution < 1.29 is 18.8 Å². The maximum Gasteiger partial charge on any atom is 0.232 e. The van der Waals surface area contributed by atoms with Crippen molar-refractivity contribution >= 4 is 5.91 Å². The Morgan fingerprint density at radius 2 is 1.74 bits per heavy atom. The molecule has 1 aliphatic heterocycles. The zero-order chi connectivity index (χ0) is 24.3. The molecule has 1 atom stereocenters. The van der Waals surface area contributed by atoms with Crippen molar-refractivity contribution in [2.45, 2.75) is 58.9 Å². The number of nitrogens with zero attached hydrogens (tertiary/aromatic N) is 3. The number of aromatic nitrogens is 2. The van der Waals surface area contributed by atoms with Gasteiger partial charge in [-0.15, -0.1) is 0 Å². The van der Waals surface area contributed by atoms with E-state index in [0.717, 1.165) is 11.1 Å². The first-order valence-corrected chi connectivity index (χ1v) is 11.9. The minimum absolute atomic E-state index is 0.0751. The van der Waals surface area contributed by atoms with Crippen LogP contribution in [-0.2, 0) is 16.8 Å². The molecule has 7 nitrogen and oxygen atoms in total. The Balaban J connectivity index is 1.44. The minimum atomic E-state index is -0.114. The first kappa shape index (κ1) is 23.8. The second-order valence-electron chi connectivity index (χ2n) is 9.61. The Labute approximate surface area is 201 Å². The second kappa shape index (κ2) is 9.87. The monoisotopic (exact) mass is 463 g/mol. The third kappa shape index (κ3) is 5.24. The van der Waals surface area contributed by atoms with E-state index >= 15 is 0 Å². The van der Waals surface area contributed by atoms with Gasteiger partial charge in [0, 0.05) is 25.1 Å². The number of carbonyl (C=O) groups excluding carboxylic acids is 1. The average Bonchev–Trinajstić information content (AvgIpc) is 3.43. The lowest BCUT2D eigenvalue weighted by Crippen LogP contribution is -2.24. The van der Waals surface area contributed by atoms with Crippen molar-refractivity contribution in [2.24, 2.45) is 0 Å². The zero-order valence-electron chi connectivity index (χ0n) is 20.6. The van der Waals surface area contributed by atoms with E-state index in [9.17, 15) is 4.79 Å². The van der Waals surface area contributed by atoms with Crippen LogP contribution in [0.2, 0.25) is 0 Å². The molecular formula is C27H33N3O4. The number of likely N-dealkylation sites (tertiary alicyclic amines) is 1. The summed E-state index contributed by atoms with van der Waals surface area (Å²) in [6.45, 7) is 12.6. The molecule has 3 aromatic rings. The highest BCUT2D eigenvalue weighted by molar-refractivity contribution is 5.79. The van der Waals surface area contributed by atoms with E-state index in [2.05, 4.69) is 43.0 Å². The molecule has 4 rings (SSSR count). The van der Waals surface area contributed by atoms with Crippen LogP contribution in [0.3, 0.4) is 0 Å². The fourth-order valence-electron chi connectivity index (χ4n) is 4.14. The van der Waals surface area contributed by atoms with Gasteiger partial charge in [0.1, 0.15) is 0 Å². The van der Waals surface area contributed by atoms with Crippen molar-refractivity contribution in [3.63, 3.8) is 0 Å². The summed E-state index contributed by atoms with van der Waals surface area (Å²) in [6.07, 6.45) is 0.361. The lowest BCUT2D eigenvalue weighted by Gasteiger charge is -2.18. The van der Waals surface area contributed by atoms with Gasteiger partial charge in [0.15, 0.2) is 11.5 Å². The van der Waals surface area contributed by atoms with Gasteiger partial charge in [-0.25, -0.2) is 0 Å². The van der Waals surface area contributed by atoms with Crippen LogP contribution in [0.15, 0.2) is 47.0 Å². The van der Waals surface area contributed by atoms with Crippen LogP contribution < -0.4 is 9.47 Å². The first-order chi connectivity index (χ1) is 16.3. The van der Waals surface area contributed by atoms with Crippen LogP contribution in [0, 0.1) is 0 Å². The van der Waals surface area contributed by atoms with Crippen molar-refractivity contribution in [3.8, 4) is 22.9 Å². The predicted molar refractivity (Wildman–Crippen MR) is 130 cm³/mol. The third-order valence-electron chi connectivity index (χ3n) is 6.00. The van der Waals surface area contributed by atoms with Crippen LogP contribution in [0.1, 0.15) is 64.0 Å². The Morgan fingerprint density at radius 1 is 1.03 bits per heavy atom. The van der Waals surface area contributed by atoms with E-state index in [0.29, 0.717) is 55.9 Å². The highest BCUT2D eigenvalue weighted by atomic mass is 16.5. The molecule has 0 spiro atoms. The fraction of sp³-hybridized carbons (Fsp3) is 0.444. The molecular weight excluding hydrogens is 430 g/mol. The molecule has 34 heavy (non-hydrogen) atoms. The van der Waals surface area contributed by atoms with Crippen LogP contribution in [0.25, 0.3) is 11.4 Å². The van der Waals surface area contributed by atoms with Gasteiger partial charge < -0.3 is 18.9 Å². The highest BCUT2D eigenvalue weighted by Gasteiger charge is 2.34. The fourth-order valence-corrected chi connectivity index (χ4v) is 4.14. The lowest BCUT2D eigenvalue weighted by molar-refractivity contribution is -0.128. The molecule has 1 fully saturated rings. The molecule has 7 heteroatoms. The Morgan fingerprint density at radius 3 is 2.41 bits per heavy atom. The van der Waals surface area contributed by atoms with Crippen molar-refractivity contribution in [1.29, 1.82) is 0 Å². The molecule has 1 aliphatic rings. The van der Waals surface area contributed by atoms with Crippen LogP contribution in [0.5, 0.6) is 11.5 Å². The average molecular weight is 464 g/mol. The number of ether oxygens (including phenoxy) is 2. The number of rotatable bonds is 8. The number of carbonyl (C=O) groups is 1. The quantitative estimate of drug-likeness (QED) is 0.448. The molecule has 1 amide bonds. The zero-order valence-corrected chi connectivity index (χ0v) is 20.6. The smallest absolute Gasteiger partial charge is 0.232 e. The number of hydrogen-bond acceptors (Lipinski definition) is 6. The molecule has 0 N–H and O–H groups in total. The number of hydrogen-bond donors (Lipinski definition) is 0. The summed E-state index contributed by atoms with van der Waals surface area (Å²) in [5, 5.41) is 4.17. The highest BCUT2D eigenvalue weighted by Crippen LogP contribution is 2.33. The van der Waals surface area contributed by atoms with Crippen LogP contribution >= 0.6 is 0 Å². The summed E-state index contributed by atoms with van der Waals surface area (Å²) >= 11 is 0. The Hall–Kier alpha value is -3.35. The van der Waals surface area contributed by atoms with Gasteiger partial charge >= 0.3 is 0 Å². The standard InChI is InChI=1S/C27H33N3O4/c1-6-32-22-13-8-18(14-23(22)33-7-2)16-30-17-20(15-24(30)31)26-28-25(29-34-26)19-9-11-21(12-10-19)27(3,4)5/h8-14,20H,6-7,15-17H2,1-5H3. The summed E-state index contributed by atoms with van der Waals surface area (Å²) in [5.41, 5.74) is 3.23. The van der Waals surface area contributed by atoms with Gasteiger partial charge in [-0.3, -0.25) is 4.79 Å². The maximum absolute atomic E-state index is 12.7. The van der Waals surface area contributed by atoms with Gasteiger partial charge in [-0.05, 0) is 42.5 Å².